The first kappa shape index (κ1) is 12.1. The maximum atomic E-state index is 5.38. The molecule has 1 aromatic rings. The van der Waals surface area contributed by atoms with E-state index in [1.54, 1.807) is 0 Å². The number of anilines is 1. The van der Waals surface area contributed by atoms with Crippen LogP contribution in [0.1, 0.15) is 25.0 Å². The Hall–Kier alpha value is -1.02. The fourth-order valence-corrected chi connectivity index (χ4v) is 1.51. The summed E-state index contributed by atoms with van der Waals surface area (Å²) in [5.41, 5.74) is 3.85. The van der Waals surface area contributed by atoms with Crippen LogP contribution in [0.15, 0.2) is 18.2 Å². The maximum absolute atomic E-state index is 5.38. The van der Waals surface area contributed by atoms with Gasteiger partial charge in [-0.3, -0.25) is 0 Å². The second-order valence-electron chi connectivity index (χ2n) is 3.95. The highest BCUT2D eigenvalue weighted by Gasteiger charge is 2.04. The van der Waals surface area contributed by atoms with E-state index in [1.807, 2.05) is 6.92 Å². The van der Waals surface area contributed by atoms with Gasteiger partial charge in [-0.25, -0.2) is 0 Å². The summed E-state index contributed by atoms with van der Waals surface area (Å²) in [6, 6.07) is 6.68. The third kappa shape index (κ3) is 3.56. The van der Waals surface area contributed by atoms with Crippen LogP contribution in [0.5, 0.6) is 0 Å². The van der Waals surface area contributed by atoms with E-state index in [1.165, 1.54) is 16.8 Å². The van der Waals surface area contributed by atoms with Crippen LogP contribution in [0.2, 0.25) is 0 Å². The van der Waals surface area contributed by atoms with Gasteiger partial charge in [-0.2, -0.15) is 0 Å². The number of ether oxygens (including phenoxy) is 1. The predicted molar refractivity (Wildman–Crippen MR) is 65.5 cm³/mol. The lowest BCUT2D eigenvalue weighted by Crippen LogP contribution is -2.22. The van der Waals surface area contributed by atoms with Gasteiger partial charge in [0.1, 0.15) is 0 Å². The molecule has 0 fully saturated rings. The number of aryl methyl sites for hydroxylation is 1. The molecule has 84 valence electrons. The Morgan fingerprint density at radius 2 is 2.07 bits per heavy atom. The molecule has 0 heterocycles. The van der Waals surface area contributed by atoms with Crippen molar-refractivity contribution in [2.45, 2.75) is 33.7 Å². The molecule has 0 saturated heterocycles. The SMILES string of the molecule is CCOCC(C)Nc1cccc(C)c1C. The Morgan fingerprint density at radius 3 is 2.73 bits per heavy atom. The summed E-state index contributed by atoms with van der Waals surface area (Å²) in [5.74, 6) is 0. The van der Waals surface area contributed by atoms with Crippen LogP contribution in [0.3, 0.4) is 0 Å². The van der Waals surface area contributed by atoms with Crippen molar-refractivity contribution in [3.63, 3.8) is 0 Å². The summed E-state index contributed by atoms with van der Waals surface area (Å²) in [4.78, 5) is 0. The highest BCUT2D eigenvalue weighted by molar-refractivity contribution is 5.54. The predicted octanol–water partition coefficient (Wildman–Crippen LogP) is 3.14. The molecule has 2 heteroatoms. The van der Waals surface area contributed by atoms with Crippen LogP contribution < -0.4 is 5.32 Å². The fourth-order valence-electron chi connectivity index (χ4n) is 1.51. The zero-order chi connectivity index (χ0) is 11.3. The number of benzene rings is 1. The van der Waals surface area contributed by atoms with Crippen molar-refractivity contribution in [2.24, 2.45) is 0 Å². The topological polar surface area (TPSA) is 21.3 Å². The second kappa shape index (κ2) is 5.76. The van der Waals surface area contributed by atoms with Gasteiger partial charge in [-0.05, 0) is 44.9 Å². The van der Waals surface area contributed by atoms with Crippen LogP contribution in [-0.4, -0.2) is 19.3 Å². The van der Waals surface area contributed by atoms with Gasteiger partial charge in [-0.15, -0.1) is 0 Å². The van der Waals surface area contributed by atoms with Crippen molar-refractivity contribution in [3.05, 3.63) is 29.3 Å². The summed E-state index contributed by atoms with van der Waals surface area (Å²) in [6.45, 7) is 9.96. The summed E-state index contributed by atoms with van der Waals surface area (Å²) in [7, 11) is 0. The molecule has 0 radical (unpaired) electrons. The van der Waals surface area contributed by atoms with E-state index in [0.717, 1.165) is 13.2 Å². The maximum Gasteiger partial charge on any atom is 0.0664 e. The summed E-state index contributed by atoms with van der Waals surface area (Å²) < 4.78 is 5.38. The normalized spacial score (nSPS) is 12.5. The number of rotatable bonds is 5. The van der Waals surface area contributed by atoms with Crippen molar-refractivity contribution < 1.29 is 4.74 Å². The highest BCUT2D eigenvalue weighted by Crippen LogP contribution is 2.18. The van der Waals surface area contributed by atoms with E-state index in [-0.39, 0.29) is 0 Å². The Labute approximate surface area is 92.6 Å². The Morgan fingerprint density at radius 1 is 1.33 bits per heavy atom. The van der Waals surface area contributed by atoms with Gasteiger partial charge < -0.3 is 10.1 Å². The van der Waals surface area contributed by atoms with E-state index in [4.69, 9.17) is 4.74 Å². The van der Waals surface area contributed by atoms with Gasteiger partial charge in [-0.1, -0.05) is 12.1 Å². The van der Waals surface area contributed by atoms with Gasteiger partial charge in [0.05, 0.1) is 6.61 Å². The smallest absolute Gasteiger partial charge is 0.0664 e. The molecule has 1 unspecified atom stereocenters. The summed E-state index contributed by atoms with van der Waals surface area (Å²) in [6.07, 6.45) is 0. The standard InChI is InChI=1S/C13H21NO/c1-5-15-9-11(3)14-13-8-6-7-10(2)12(13)4/h6-8,11,14H,5,9H2,1-4H3. The molecule has 0 aromatic heterocycles. The van der Waals surface area contributed by atoms with E-state index >= 15 is 0 Å². The molecule has 2 nitrogen and oxygen atoms in total. The first-order valence-electron chi connectivity index (χ1n) is 5.55. The van der Waals surface area contributed by atoms with Crippen molar-refractivity contribution in [3.8, 4) is 0 Å². The molecule has 1 N–H and O–H groups in total. The molecule has 15 heavy (non-hydrogen) atoms. The molecule has 0 aliphatic carbocycles. The molecule has 0 aliphatic heterocycles. The quantitative estimate of drug-likeness (QED) is 0.801. The Kier molecular flexibility index (Phi) is 4.63. The number of nitrogens with one attached hydrogen (secondary N) is 1. The lowest BCUT2D eigenvalue weighted by molar-refractivity contribution is 0.141. The van der Waals surface area contributed by atoms with Gasteiger partial charge in [0.25, 0.3) is 0 Å². The van der Waals surface area contributed by atoms with E-state index < -0.39 is 0 Å². The first-order valence-corrected chi connectivity index (χ1v) is 5.55. The lowest BCUT2D eigenvalue weighted by Gasteiger charge is -2.17. The minimum absolute atomic E-state index is 0.352. The van der Waals surface area contributed by atoms with Crippen molar-refractivity contribution >= 4 is 5.69 Å². The van der Waals surface area contributed by atoms with E-state index in [9.17, 15) is 0 Å². The molecular formula is C13H21NO. The molecule has 0 spiro atoms. The average molecular weight is 207 g/mol. The van der Waals surface area contributed by atoms with E-state index in [2.05, 4.69) is 44.3 Å². The van der Waals surface area contributed by atoms with Gasteiger partial charge in [0, 0.05) is 18.3 Å². The van der Waals surface area contributed by atoms with Crippen LogP contribution >= 0.6 is 0 Å². The van der Waals surface area contributed by atoms with Crippen LogP contribution in [0, 0.1) is 13.8 Å². The van der Waals surface area contributed by atoms with Crippen LogP contribution in [0.4, 0.5) is 5.69 Å². The van der Waals surface area contributed by atoms with Crippen LogP contribution in [-0.2, 0) is 4.74 Å². The molecule has 0 aliphatic rings. The highest BCUT2D eigenvalue weighted by atomic mass is 16.5. The minimum Gasteiger partial charge on any atom is -0.380 e. The molecule has 0 saturated carbocycles. The average Bonchev–Trinajstić information content (AvgIpc) is 2.22. The summed E-state index contributed by atoms with van der Waals surface area (Å²) >= 11 is 0. The third-order valence-corrected chi connectivity index (χ3v) is 2.58. The second-order valence-corrected chi connectivity index (χ2v) is 3.95. The van der Waals surface area contributed by atoms with Gasteiger partial charge >= 0.3 is 0 Å². The largest absolute Gasteiger partial charge is 0.380 e. The zero-order valence-corrected chi connectivity index (χ0v) is 10.1. The first-order chi connectivity index (χ1) is 7.15. The molecular weight excluding hydrogens is 186 g/mol. The molecule has 1 atom stereocenters. The van der Waals surface area contributed by atoms with E-state index in [0.29, 0.717) is 6.04 Å². The summed E-state index contributed by atoms with van der Waals surface area (Å²) in [5, 5.41) is 3.46. The molecule has 0 amide bonds. The van der Waals surface area contributed by atoms with Crippen molar-refractivity contribution in [2.75, 3.05) is 18.5 Å². The van der Waals surface area contributed by atoms with Crippen molar-refractivity contribution in [1.29, 1.82) is 0 Å². The number of hydrogen-bond donors (Lipinski definition) is 1. The minimum atomic E-state index is 0.352. The Balaban J connectivity index is 2.60. The number of hydrogen-bond acceptors (Lipinski definition) is 2. The third-order valence-electron chi connectivity index (χ3n) is 2.58. The fraction of sp³-hybridized carbons (Fsp3) is 0.538. The monoisotopic (exact) mass is 207 g/mol. The lowest BCUT2D eigenvalue weighted by atomic mass is 10.1. The van der Waals surface area contributed by atoms with Gasteiger partial charge in [0.2, 0.25) is 0 Å². The van der Waals surface area contributed by atoms with Gasteiger partial charge in [0.15, 0.2) is 0 Å². The van der Waals surface area contributed by atoms with Crippen molar-refractivity contribution in [1.82, 2.24) is 0 Å². The molecule has 1 aromatic carbocycles. The Bertz CT molecular complexity index is 309. The zero-order valence-electron chi connectivity index (χ0n) is 10.1. The molecule has 1 rings (SSSR count). The molecule has 0 bridgehead atoms. The van der Waals surface area contributed by atoms with Crippen LogP contribution in [0.25, 0.3) is 0 Å².